The summed E-state index contributed by atoms with van der Waals surface area (Å²) in [6, 6.07) is 6.53. The predicted molar refractivity (Wildman–Crippen MR) is 108 cm³/mol. The molecule has 0 fully saturated rings. The van der Waals surface area contributed by atoms with E-state index in [-0.39, 0.29) is 18.0 Å². The molecule has 1 aliphatic heterocycles. The van der Waals surface area contributed by atoms with E-state index < -0.39 is 5.60 Å². The van der Waals surface area contributed by atoms with Crippen molar-refractivity contribution in [3.63, 3.8) is 0 Å². The number of amides is 1. The standard InChI is InChI=1S/C23H26FNO4/c1-23(2,3)29-22(26)25-9-8-13-12-18(27-4)21(28-5)20-16-7-6-15(24)10-14(16)11-17(25)19(13)20/h6-7,10,12,17H,8-9,11H2,1-5H3. The van der Waals surface area contributed by atoms with Gasteiger partial charge in [-0.25, -0.2) is 9.18 Å². The first kappa shape index (κ1) is 19.6. The number of benzene rings is 2. The highest BCUT2D eigenvalue weighted by atomic mass is 19.1. The van der Waals surface area contributed by atoms with Gasteiger partial charge in [0.05, 0.1) is 20.3 Å². The summed E-state index contributed by atoms with van der Waals surface area (Å²) in [5.41, 5.74) is 4.21. The Morgan fingerprint density at radius 3 is 2.55 bits per heavy atom. The van der Waals surface area contributed by atoms with E-state index in [0.29, 0.717) is 30.9 Å². The van der Waals surface area contributed by atoms with Crippen molar-refractivity contribution in [2.45, 2.75) is 45.3 Å². The summed E-state index contributed by atoms with van der Waals surface area (Å²) >= 11 is 0. The van der Waals surface area contributed by atoms with Gasteiger partial charge in [0, 0.05) is 12.1 Å². The molecular weight excluding hydrogens is 373 g/mol. The third-order valence-corrected chi connectivity index (χ3v) is 5.50. The van der Waals surface area contributed by atoms with Crippen LogP contribution in [0, 0.1) is 5.82 Å². The summed E-state index contributed by atoms with van der Waals surface area (Å²) in [5.74, 6) is 0.951. The molecule has 1 atom stereocenters. The zero-order valence-electron chi connectivity index (χ0n) is 17.5. The maximum absolute atomic E-state index is 14.0. The van der Waals surface area contributed by atoms with Crippen LogP contribution < -0.4 is 9.47 Å². The molecule has 1 unspecified atom stereocenters. The average molecular weight is 399 g/mol. The van der Waals surface area contributed by atoms with Gasteiger partial charge >= 0.3 is 6.09 Å². The minimum atomic E-state index is -0.587. The van der Waals surface area contributed by atoms with E-state index in [1.54, 1.807) is 31.3 Å². The van der Waals surface area contributed by atoms with E-state index in [4.69, 9.17) is 14.2 Å². The highest BCUT2D eigenvalue weighted by Crippen LogP contribution is 2.52. The second-order valence-corrected chi connectivity index (χ2v) is 8.51. The number of carbonyl (C=O) groups excluding carboxylic acids is 1. The average Bonchev–Trinajstić information content (AvgIpc) is 2.65. The first-order valence-electron chi connectivity index (χ1n) is 9.79. The minimum absolute atomic E-state index is 0.238. The largest absolute Gasteiger partial charge is 0.493 e. The number of carbonyl (C=O) groups is 1. The second kappa shape index (κ2) is 6.94. The SMILES string of the molecule is COc1cc2c3c(c1OC)-c1ccc(F)cc1CC3N(C(=O)OC(C)(C)C)CC2. The summed E-state index contributed by atoms with van der Waals surface area (Å²) in [4.78, 5) is 14.7. The van der Waals surface area contributed by atoms with Crippen molar-refractivity contribution >= 4 is 6.09 Å². The maximum Gasteiger partial charge on any atom is 0.410 e. The van der Waals surface area contributed by atoms with Gasteiger partial charge in [-0.2, -0.15) is 0 Å². The molecule has 0 spiro atoms. The Labute approximate surface area is 170 Å². The van der Waals surface area contributed by atoms with Gasteiger partial charge in [0.15, 0.2) is 11.5 Å². The number of methoxy groups -OCH3 is 2. The van der Waals surface area contributed by atoms with Crippen LogP contribution in [0.3, 0.4) is 0 Å². The molecular formula is C23H26FNO4. The van der Waals surface area contributed by atoms with Crippen LogP contribution in [0.1, 0.15) is 43.5 Å². The van der Waals surface area contributed by atoms with Crippen molar-refractivity contribution in [2.24, 2.45) is 0 Å². The summed E-state index contributed by atoms with van der Waals surface area (Å²) < 4.78 is 31.0. The Bertz CT molecular complexity index is 980. The molecule has 1 heterocycles. The van der Waals surface area contributed by atoms with Crippen LogP contribution in [-0.2, 0) is 17.6 Å². The molecule has 0 N–H and O–H groups in total. The first-order chi connectivity index (χ1) is 13.7. The monoisotopic (exact) mass is 399 g/mol. The summed E-state index contributed by atoms with van der Waals surface area (Å²) in [6.07, 6.45) is 0.866. The first-order valence-corrected chi connectivity index (χ1v) is 9.79. The molecule has 0 bridgehead atoms. The number of hydrogen-bond acceptors (Lipinski definition) is 4. The predicted octanol–water partition coefficient (Wildman–Crippen LogP) is 4.90. The third-order valence-electron chi connectivity index (χ3n) is 5.50. The molecule has 1 aliphatic carbocycles. The van der Waals surface area contributed by atoms with E-state index in [9.17, 15) is 9.18 Å². The van der Waals surface area contributed by atoms with Crippen LogP contribution in [-0.4, -0.2) is 37.4 Å². The van der Waals surface area contributed by atoms with Crippen molar-refractivity contribution in [3.8, 4) is 22.6 Å². The van der Waals surface area contributed by atoms with E-state index in [0.717, 1.165) is 27.8 Å². The number of halogens is 1. The molecule has 2 aromatic carbocycles. The smallest absolute Gasteiger partial charge is 0.410 e. The number of nitrogens with zero attached hydrogens (tertiary/aromatic N) is 1. The molecule has 4 rings (SSSR count). The highest BCUT2D eigenvalue weighted by Gasteiger charge is 2.40. The number of ether oxygens (including phenoxy) is 3. The minimum Gasteiger partial charge on any atom is -0.493 e. The Morgan fingerprint density at radius 1 is 1.14 bits per heavy atom. The summed E-state index contributed by atoms with van der Waals surface area (Å²) in [6.45, 7) is 6.10. The van der Waals surface area contributed by atoms with Gasteiger partial charge in [-0.05, 0) is 74.1 Å². The number of rotatable bonds is 2. The Kier molecular flexibility index (Phi) is 4.68. The normalized spacial score (nSPS) is 17.3. The lowest BCUT2D eigenvalue weighted by Crippen LogP contribution is -2.44. The Balaban J connectivity index is 1.92. The Morgan fingerprint density at radius 2 is 1.90 bits per heavy atom. The lowest BCUT2D eigenvalue weighted by Gasteiger charge is -2.42. The molecule has 0 saturated heterocycles. The number of hydrogen-bond donors (Lipinski definition) is 0. The van der Waals surface area contributed by atoms with Gasteiger partial charge in [-0.3, -0.25) is 0 Å². The lowest BCUT2D eigenvalue weighted by atomic mass is 9.76. The maximum atomic E-state index is 14.0. The highest BCUT2D eigenvalue weighted by molar-refractivity contribution is 5.84. The fraction of sp³-hybridized carbons (Fsp3) is 0.435. The molecule has 154 valence electrons. The molecule has 2 aliphatic rings. The quantitative estimate of drug-likeness (QED) is 0.721. The van der Waals surface area contributed by atoms with Gasteiger partial charge in [-0.1, -0.05) is 6.07 Å². The van der Waals surface area contributed by atoms with Crippen molar-refractivity contribution in [2.75, 3.05) is 20.8 Å². The molecule has 0 aromatic heterocycles. The number of fused-ring (bicyclic) bond motifs is 2. The summed E-state index contributed by atoms with van der Waals surface area (Å²) in [7, 11) is 3.21. The van der Waals surface area contributed by atoms with Gasteiger partial charge in [0.2, 0.25) is 0 Å². The van der Waals surface area contributed by atoms with Crippen molar-refractivity contribution in [3.05, 3.63) is 46.8 Å². The molecule has 2 aromatic rings. The van der Waals surface area contributed by atoms with E-state index in [1.807, 2.05) is 26.8 Å². The fourth-order valence-corrected chi connectivity index (χ4v) is 4.40. The zero-order valence-corrected chi connectivity index (χ0v) is 17.5. The Hall–Kier alpha value is -2.76. The third kappa shape index (κ3) is 3.30. The fourth-order valence-electron chi connectivity index (χ4n) is 4.40. The van der Waals surface area contributed by atoms with Crippen LogP contribution in [0.25, 0.3) is 11.1 Å². The van der Waals surface area contributed by atoms with Crippen LogP contribution >= 0.6 is 0 Å². The second-order valence-electron chi connectivity index (χ2n) is 8.51. The van der Waals surface area contributed by atoms with Crippen LogP contribution in [0.2, 0.25) is 0 Å². The summed E-state index contributed by atoms with van der Waals surface area (Å²) in [5, 5.41) is 0. The van der Waals surface area contributed by atoms with Crippen LogP contribution in [0.4, 0.5) is 9.18 Å². The van der Waals surface area contributed by atoms with Crippen LogP contribution in [0.15, 0.2) is 24.3 Å². The molecule has 29 heavy (non-hydrogen) atoms. The van der Waals surface area contributed by atoms with Gasteiger partial charge in [-0.15, -0.1) is 0 Å². The van der Waals surface area contributed by atoms with Crippen molar-refractivity contribution in [1.29, 1.82) is 0 Å². The molecule has 5 nitrogen and oxygen atoms in total. The molecule has 0 radical (unpaired) electrons. The van der Waals surface area contributed by atoms with Crippen molar-refractivity contribution in [1.82, 2.24) is 4.90 Å². The van der Waals surface area contributed by atoms with Gasteiger partial charge in [0.1, 0.15) is 11.4 Å². The van der Waals surface area contributed by atoms with E-state index >= 15 is 0 Å². The van der Waals surface area contributed by atoms with Gasteiger partial charge in [0.25, 0.3) is 0 Å². The van der Waals surface area contributed by atoms with E-state index in [1.165, 1.54) is 6.07 Å². The topological polar surface area (TPSA) is 48.0 Å². The molecule has 0 saturated carbocycles. The van der Waals surface area contributed by atoms with Crippen LogP contribution in [0.5, 0.6) is 11.5 Å². The van der Waals surface area contributed by atoms with E-state index in [2.05, 4.69) is 0 Å². The van der Waals surface area contributed by atoms with Crippen molar-refractivity contribution < 1.29 is 23.4 Å². The van der Waals surface area contributed by atoms with Gasteiger partial charge < -0.3 is 19.1 Å². The lowest BCUT2D eigenvalue weighted by molar-refractivity contribution is 0.0140. The zero-order chi connectivity index (χ0) is 20.9. The molecule has 6 heteroatoms. The molecule has 1 amide bonds.